The minimum atomic E-state index is 0.520. The van der Waals surface area contributed by atoms with E-state index in [-0.39, 0.29) is 0 Å². The standard InChI is InChI=1S/C16H14N6/c17-9-4-7-15-13(11-19-22-15)14-8-10-18-16(21-14)20-12-5-2-1-3-6-12/h1-11,17H,(H,19,22)(H,18,20,21)/b7-4-,17-9?. The smallest absolute Gasteiger partial charge is 0.227 e. The van der Waals surface area contributed by atoms with E-state index in [4.69, 9.17) is 5.41 Å². The summed E-state index contributed by atoms with van der Waals surface area (Å²) in [6.07, 6.45) is 8.03. The number of rotatable bonds is 5. The van der Waals surface area contributed by atoms with Crippen LogP contribution in [-0.4, -0.2) is 26.4 Å². The molecule has 2 aromatic heterocycles. The first-order valence-electron chi connectivity index (χ1n) is 6.73. The summed E-state index contributed by atoms with van der Waals surface area (Å²) in [5, 5.41) is 17.1. The van der Waals surface area contributed by atoms with Gasteiger partial charge in [0.05, 0.1) is 17.6 Å². The Morgan fingerprint density at radius 3 is 2.82 bits per heavy atom. The van der Waals surface area contributed by atoms with Crippen LogP contribution < -0.4 is 5.32 Å². The van der Waals surface area contributed by atoms with Crippen LogP contribution in [-0.2, 0) is 0 Å². The van der Waals surface area contributed by atoms with E-state index in [0.717, 1.165) is 22.6 Å². The number of aromatic nitrogens is 4. The third-order valence-corrected chi connectivity index (χ3v) is 2.99. The highest BCUT2D eigenvalue weighted by atomic mass is 15.1. The van der Waals surface area contributed by atoms with Gasteiger partial charge >= 0.3 is 0 Å². The van der Waals surface area contributed by atoms with Gasteiger partial charge in [-0.1, -0.05) is 18.2 Å². The molecule has 1 aromatic carbocycles. The summed E-state index contributed by atoms with van der Waals surface area (Å²) in [6.45, 7) is 0. The van der Waals surface area contributed by atoms with E-state index in [1.54, 1.807) is 24.5 Å². The summed E-state index contributed by atoms with van der Waals surface area (Å²) >= 11 is 0. The van der Waals surface area contributed by atoms with Crippen LogP contribution in [0, 0.1) is 5.41 Å². The zero-order chi connectivity index (χ0) is 15.2. The minimum Gasteiger partial charge on any atom is -0.324 e. The Kier molecular flexibility index (Phi) is 4.01. The minimum absolute atomic E-state index is 0.520. The number of para-hydroxylation sites is 1. The van der Waals surface area contributed by atoms with Gasteiger partial charge in [0.1, 0.15) is 0 Å². The molecule has 6 nitrogen and oxygen atoms in total. The first-order chi connectivity index (χ1) is 10.9. The van der Waals surface area contributed by atoms with Crippen molar-refractivity contribution in [2.45, 2.75) is 0 Å². The number of anilines is 2. The summed E-state index contributed by atoms with van der Waals surface area (Å²) in [5.74, 6) is 0.520. The Bertz CT molecular complexity index is 791. The van der Waals surface area contributed by atoms with Crippen LogP contribution in [0.3, 0.4) is 0 Å². The first-order valence-corrected chi connectivity index (χ1v) is 6.73. The molecule has 0 fully saturated rings. The lowest BCUT2D eigenvalue weighted by atomic mass is 10.1. The lowest BCUT2D eigenvalue weighted by Crippen LogP contribution is -1.97. The van der Waals surface area contributed by atoms with Crippen molar-refractivity contribution in [2.24, 2.45) is 0 Å². The maximum atomic E-state index is 7.06. The average Bonchev–Trinajstić information content (AvgIpc) is 3.02. The summed E-state index contributed by atoms with van der Waals surface area (Å²) < 4.78 is 0. The van der Waals surface area contributed by atoms with Crippen LogP contribution in [0.15, 0.2) is 54.9 Å². The van der Waals surface area contributed by atoms with Gasteiger partial charge in [-0.15, -0.1) is 0 Å². The fourth-order valence-electron chi connectivity index (χ4n) is 1.99. The molecule has 2 heterocycles. The Hall–Kier alpha value is -3.28. The van der Waals surface area contributed by atoms with E-state index >= 15 is 0 Å². The number of aromatic amines is 1. The molecular weight excluding hydrogens is 276 g/mol. The highest BCUT2D eigenvalue weighted by Crippen LogP contribution is 2.22. The van der Waals surface area contributed by atoms with Crippen LogP contribution in [0.1, 0.15) is 5.69 Å². The molecule has 0 atom stereocenters. The van der Waals surface area contributed by atoms with Gasteiger partial charge in [-0.3, -0.25) is 5.10 Å². The predicted octanol–water partition coefficient (Wildman–Crippen LogP) is 3.27. The molecule has 0 radical (unpaired) electrons. The predicted molar refractivity (Wildman–Crippen MR) is 87.2 cm³/mol. The summed E-state index contributed by atoms with van der Waals surface area (Å²) in [5.41, 5.74) is 3.34. The molecule has 0 spiro atoms. The second-order valence-corrected chi connectivity index (χ2v) is 4.48. The zero-order valence-corrected chi connectivity index (χ0v) is 11.7. The number of benzene rings is 1. The highest BCUT2D eigenvalue weighted by molar-refractivity contribution is 5.79. The van der Waals surface area contributed by atoms with Crippen molar-refractivity contribution < 1.29 is 0 Å². The average molecular weight is 290 g/mol. The Balaban J connectivity index is 1.90. The molecular formula is C16H14N6. The summed E-state index contributed by atoms with van der Waals surface area (Å²) in [6, 6.07) is 11.6. The zero-order valence-electron chi connectivity index (χ0n) is 11.7. The van der Waals surface area contributed by atoms with Gasteiger partial charge in [0.25, 0.3) is 0 Å². The van der Waals surface area contributed by atoms with E-state index in [9.17, 15) is 0 Å². The maximum Gasteiger partial charge on any atom is 0.227 e. The SMILES string of the molecule is N=C/C=C\c1[nH]ncc1-c1ccnc(Nc2ccccc2)n1. The number of hydrogen-bond donors (Lipinski definition) is 3. The van der Waals surface area contributed by atoms with Gasteiger partial charge in [-0.25, -0.2) is 9.97 Å². The highest BCUT2D eigenvalue weighted by Gasteiger charge is 2.08. The molecule has 22 heavy (non-hydrogen) atoms. The molecule has 0 amide bonds. The van der Waals surface area contributed by atoms with Gasteiger partial charge in [0.2, 0.25) is 5.95 Å². The van der Waals surface area contributed by atoms with Crippen molar-refractivity contribution in [1.29, 1.82) is 5.41 Å². The van der Waals surface area contributed by atoms with Crippen molar-refractivity contribution in [3.63, 3.8) is 0 Å². The lowest BCUT2D eigenvalue weighted by Gasteiger charge is -2.06. The molecule has 108 valence electrons. The molecule has 3 aromatic rings. The van der Waals surface area contributed by atoms with Crippen LogP contribution >= 0.6 is 0 Å². The summed E-state index contributed by atoms with van der Waals surface area (Å²) in [4.78, 5) is 8.74. The van der Waals surface area contributed by atoms with Crippen molar-refractivity contribution >= 4 is 23.9 Å². The fraction of sp³-hybridized carbons (Fsp3) is 0. The van der Waals surface area contributed by atoms with Crippen molar-refractivity contribution in [3.05, 3.63) is 60.6 Å². The van der Waals surface area contributed by atoms with Crippen LogP contribution in [0.4, 0.5) is 11.6 Å². The van der Waals surface area contributed by atoms with Gasteiger partial charge < -0.3 is 10.7 Å². The number of nitrogens with zero attached hydrogens (tertiary/aromatic N) is 3. The Morgan fingerprint density at radius 2 is 2.00 bits per heavy atom. The maximum absolute atomic E-state index is 7.06. The molecule has 0 aliphatic carbocycles. The molecule has 0 unspecified atom stereocenters. The number of nitrogens with one attached hydrogen (secondary N) is 3. The lowest BCUT2D eigenvalue weighted by molar-refractivity contribution is 1.08. The fourth-order valence-corrected chi connectivity index (χ4v) is 1.99. The summed E-state index contributed by atoms with van der Waals surface area (Å²) in [7, 11) is 0. The molecule has 0 aliphatic heterocycles. The van der Waals surface area contributed by atoms with Gasteiger partial charge in [-0.2, -0.15) is 5.10 Å². The second-order valence-electron chi connectivity index (χ2n) is 4.48. The van der Waals surface area contributed by atoms with E-state index < -0.39 is 0 Å². The molecule has 0 bridgehead atoms. The van der Waals surface area contributed by atoms with E-state index in [0.29, 0.717) is 5.95 Å². The van der Waals surface area contributed by atoms with Crippen molar-refractivity contribution in [2.75, 3.05) is 5.32 Å². The van der Waals surface area contributed by atoms with E-state index in [1.807, 2.05) is 36.4 Å². The van der Waals surface area contributed by atoms with Gasteiger partial charge in [0.15, 0.2) is 0 Å². The Labute approximate surface area is 127 Å². The monoisotopic (exact) mass is 290 g/mol. The number of allylic oxidation sites excluding steroid dienone is 1. The third kappa shape index (κ3) is 3.06. The largest absolute Gasteiger partial charge is 0.324 e. The molecule has 3 N–H and O–H groups in total. The normalized spacial score (nSPS) is 10.7. The molecule has 0 saturated carbocycles. The molecule has 6 heteroatoms. The van der Waals surface area contributed by atoms with E-state index in [2.05, 4.69) is 25.5 Å². The van der Waals surface area contributed by atoms with Crippen molar-refractivity contribution in [3.8, 4) is 11.3 Å². The van der Waals surface area contributed by atoms with Gasteiger partial charge in [0, 0.05) is 23.7 Å². The quantitative estimate of drug-likeness (QED) is 0.629. The van der Waals surface area contributed by atoms with E-state index in [1.165, 1.54) is 6.21 Å². The van der Waals surface area contributed by atoms with Crippen LogP contribution in [0.2, 0.25) is 0 Å². The molecule has 3 rings (SSSR count). The van der Waals surface area contributed by atoms with Crippen molar-refractivity contribution in [1.82, 2.24) is 20.2 Å². The topological polar surface area (TPSA) is 90.3 Å². The molecule has 0 saturated heterocycles. The number of hydrogen-bond acceptors (Lipinski definition) is 5. The third-order valence-electron chi connectivity index (χ3n) is 2.99. The Morgan fingerprint density at radius 1 is 1.14 bits per heavy atom. The van der Waals surface area contributed by atoms with Gasteiger partial charge in [-0.05, 0) is 30.4 Å². The van der Waals surface area contributed by atoms with Crippen LogP contribution in [0.25, 0.3) is 17.3 Å². The molecule has 0 aliphatic rings. The first kappa shape index (κ1) is 13.7. The number of H-pyrrole nitrogens is 1. The second kappa shape index (κ2) is 6.45. The van der Waals surface area contributed by atoms with Crippen LogP contribution in [0.5, 0.6) is 0 Å².